The zero-order valence-electron chi connectivity index (χ0n) is 24.5. The SMILES string of the molecule is C=C(C)C(=O)OC(F)(F)C(F)(F)C(F)(F)C(F)(F)C(F)(F)C1(F)C(F)(F)C(F)(F)C(F)(F)C(F)(F)C(F)(F)C(F)(F)C(F)(F)C(F)(F)C(F)(F)C(F)(F)C1(F)F. The first-order valence-electron chi connectivity index (χ1n) is 12.2. The summed E-state index contributed by atoms with van der Waals surface area (Å²) in [7, 11) is 0. The third-order valence-corrected chi connectivity index (χ3v) is 7.36. The van der Waals surface area contributed by atoms with Gasteiger partial charge in [-0.3, -0.25) is 0 Å². The summed E-state index contributed by atoms with van der Waals surface area (Å²) in [4.78, 5) is 11.0. The largest absolute Gasteiger partial charge is 0.473 e. The molecule has 1 aliphatic rings. The molecule has 0 radical (unpaired) electrons. The molecule has 35 heteroatoms. The molecule has 1 saturated carbocycles. The average molecular weight is 916 g/mol. The van der Waals surface area contributed by atoms with E-state index in [1.165, 1.54) is 0 Å². The highest BCUT2D eigenvalue weighted by Crippen LogP contribution is 2.75. The molecule has 0 aliphatic heterocycles. The molecule has 1 rings (SSSR count). The minimum atomic E-state index is -11.4. The summed E-state index contributed by atoms with van der Waals surface area (Å²) in [5.41, 5.74) is -13.2. The molecule has 0 unspecified atom stereocenters. The maximum atomic E-state index is 15.4. The maximum absolute atomic E-state index is 15.4. The summed E-state index contributed by atoms with van der Waals surface area (Å²) in [6, 6.07) is 0. The van der Waals surface area contributed by atoms with Crippen LogP contribution in [0.2, 0.25) is 0 Å². The Morgan fingerprint density at radius 2 is 0.571 bits per heavy atom. The van der Waals surface area contributed by atoms with Crippen LogP contribution in [0.4, 0.5) is 145 Å². The second-order valence-corrected chi connectivity index (χ2v) is 11.0. The molecule has 332 valence electrons. The number of carbonyl (C=O) groups excluding carboxylic acids is 1. The van der Waals surface area contributed by atoms with Gasteiger partial charge in [0.25, 0.3) is 0 Å². The van der Waals surface area contributed by atoms with Crippen molar-refractivity contribution in [3.63, 3.8) is 0 Å². The number of hydrogen-bond donors (Lipinski definition) is 0. The predicted octanol–water partition coefficient (Wildman–Crippen LogP) is 10.9. The standard InChI is InChI=1S/C21H5F33O2/c1-3(2)4(55)56-21(53,54)20(51,52)19(49,50)11(33,34)8(27,28)5(22)6(23,24)9(29,30)12(35,36)14(39,40)16(43,44)18(47,48)17(45,46)15(41,42)13(37,38)10(31,32)7(5,25)26/h1H2,2H3. The number of ether oxygens (including phenoxy) is 1. The molecule has 0 aromatic heterocycles. The van der Waals surface area contributed by atoms with Gasteiger partial charge in [-0.05, 0) is 6.92 Å². The van der Waals surface area contributed by atoms with Crippen LogP contribution in [0.5, 0.6) is 0 Å². The Bertz CT molecular complexity index is 1500. The summed E-state index contributed by atoms with van der Waals surface area (Å²) in [6.45, 7) is 2.17. The number of halogens is 33. The van der Waals surface area contributed by atoms with E-state index in [0.717, 1.165) is 0 Å². The Kier molecular flexibility index (Phi) is 10.9. The maximum Gasteiger partial charge on any atom is 0.473 e. The van der Waals surface area contributed by atoms with E-state index in [4.69, 9.17) is 0 Å². The zero-order chi connectivity index (χ0) is 46.4. The molecule has 0 spiro atoms. The third kappa shape index (κ3) is 5.02. The van der Waals surface area contributed by atoms with E-state index in [9.17, 15) is 145 Å². The lowest BCUT2D eigenvalue weighted by Gasteiger charge is -2.53. The highest BCUT2D eigenvalue weighted by Gasteiger charge is 3.08. The molecule has 1 aliphatic carbocycles. The van der Waals surface area contributed by atoms with E-state index in [0.29, 0.717) is 0 Å². The molecular weight excluding hydrogens is 911 g/mol. The third-order valence-electron chi connectivity index (χ3n) is 7.36. The molecule has 2 nitrogen and oxygen atoms in total. The average Bonchev–Trinajstić information content (AvgIpc) is 2.97. The van der Waals surface area contributed by atoms with Crippen molar-refractivity contribution in [1.82, 2.24) is 0 Å². The summed E-state index contributed by atoms with van der Waals surface area (Å²) < 4.78 is 471. The smallest absolute Gasteiger partial charge is 0.393 e. The van der Waals surface area contributed by atoms with Crippen LogP contribution in [0.15, 0.2) is 12.2 Å². The summed E-state index contributed by atoms with van der Waals surface area (Å²) in [6.07, 6.45) is -8.13. The molecule has 0 bridgehead atoms. The second kappa shape index (κ2) is 12.0. The fourth-order valence-electron chi connectivity index (χ4n) is 3.86. The Morgan fingerprint density at radius 1 is 0.375 bits per heavy atom. The fourth-order valence-corrected chi connectivity index (χ4v) is 3.86. The molecule has 0 aromatic carbocycles. The van der Waals surface area contributed by atoms with Crippen LogP contribution in [0.1, 0.15) is 6.92 Å². The zero-order valence-corrected chi connectivity index (χ0v) is 24.5. The molecule has 0 amide bonds. The van der Waals surface area contributed by atoms with Gasteiger partial charge in [0.1, 0.15) is 0 Å². The van der Waals surface area contributed by atoms with Gasteiger partial charge < -0.3 is 4.74 Å². The number of hydrogen-bond acceptors (Lipinski definition) is 2. The Balaban J connectivity index is 4.94. The van der Waals surface area contributed by atoms with Crippen molar-refractivity contribution in [3.05, 3.63) is 12.2 Å². The molecule has 0 aromatic rings. The minimum absolute atomic E-state index is 0.00997. The predicted molar refractivity (Wildman–Crippen MR) is 104 cm³/mol. The minimum Gasteiger partial charge on any atom is -0.393 e. The van der Waals surface area contributed by atoms with E-state index in [1.807, 2.05) is 4.74 Å². The first kappa shape index (κ1) is 50.9. The van der Waals surface area contributed by atoms with Gasteiger partial charge >= 0.3 is 107 Å². The van der Waals surface area contributed by atoms with E-state index in [2.05, 4.69) is 6.58 Å². The van der Waals surface area contributed by atoms with Crippen molar-refractivity contribution >= 4 is 5.97 Å². The topological polar surface area (TPSA) is 26.3 Å². The van der Waals surface area contributed by atoms with Crippen molar-refractivity contribution in [2.45, 2.75) is 108 Å². The molecule has 0 saturated heterocycles. The van der Waals surface area contributed by atoms with E-state index in [-0.39, 0.29) is 6.92 Å². The van der Waals surface area contributed by atoms with Crippen LogP contribution in [0.25, 0.3) is 0 Å². The van der Waals surface area contributed by atoms with Gasteiger partial charge in [0.05, 0.1) is 0 Å². The highest BCUT2D eigenvalue weighted by molar-refractivity contribution is 5.87. The summed E-state index contributed by atoms with van der Waals surface area (Å²) in [5, 5.41) is 0. The fraction of sp³-hybridized carbons (Fsp3) is 0.857. The normalized spacial score (nSPS) is 27.5. The second-order valence-electron chi connectivity index (χ2n) is 11.0. The lowest BCUT2D eigenvalue weighted by Crippen LogP contribution is -2.87. The van der Waals surface area contributed by atoms with E-state index < -0.39 is 112 Å². The monoisotopic (exact) mass is 916 g/mol. The van der Waals surface area contributed by atoms with Crippen LogP contribution in [0, 0.1) is 0 Å². The van der Waals surface area contributed by atoms with Gasteiger partial charge in [-0.25, -0.2) is 9.18 Å². The van der Waals surface area contributed by atoms with Crippen LogP contribution < -0.4 is 0 Å². The molecule has 0 heterocycles. The molecule has 0 N–H and O–H groups in total. The van der Waals surface area contributed by atoms with Crippen molar-refractivity contribution in [1.29, 1.82) is 0 Å². The van der Waals surface area contributed by atoms with Gasteiger partial charge in [-0.2, -0.15) is 140 Å². The summed E-state index contributed by atoms with van der Waals surface area (Å²) >= 11 is 0. The van der Waals surface area contributed by atoms with Gasteiger partial charge in [0.2, 0.25) is 0 Å². The lowest BCUT2D eigenvalue weighted by atomic mass is 9.70. The Labute approximate surface area is 281 Å². The quantitative estimate of drug-likeness (QED) is 0.145. The Morgan fingerprint density at radius 3 is 0.768 bits per heavy atom. The molecular formula is C21H5F33O2. The highest BCUT2D eigenvalue weighted by atomic mass is 19.4. The number of esters is 1. The number of carbonyl (C=O) groups is 1. The first-order chi connectivity index (χ1) is 23.6. The number of alkyl halides is 33. The Hall–Kier alpha value is -3.10. The first-order valence-corrected chi connectivity index (χ1v) is 12.2. The lowest BCUT2D eigenvalue weighted by molar-refractivity contribution is -0.519. The van der Waals surface area contributed by atoms with Gasteiger partial charge in [0.15, 0.2) is 0 Å². The van der Waals surface area contributed by atoms with Crippen molar-refractivity contribution in [2.75, 3.05) is 0 Å². The van der Waals surface area contributed by atoms with Crippen LogP contribution >= 0.6 is 0 Å². The molecule has 56 heavy (non-hydrogen) atoms. The number of rotatable bonds is 7. The van der Waals surface area contributed by atoms with Gasteiger partial charge in [-0.1, -0.05) is 6.58 Å². The van der Waals surface area contributed by atoms with Crippen LogP contribution in [-0.2, 0) is 9.53 Å². The van der Waals surface area contributed by atoms with E-state index >= 15 is 4.39 Å². The van der Waals surface area contributed by atoms with E-state index in [1.54, 1.807) is 0 Å². The van der Waals surface area contributed by atoms with Crippen LogP contribution in [0.3, 0.4) is 0 Å². The molecule has 0 atom stereocenters. The van der Waals surface area contributed by atoms with Gasteiger partial charge in [-0.15, -0.1) is 0 Å². The van der Waals surface area contributed by atoms with Crippen molar-refractivity contribution in [3.8, 4) is 0 Å². The van der Waals surface area contributed by atoms with Crippen LogP contribution in [-0.4, -0.2) is 107 Å². The van der Waals surface area contributed by atoms with Gasteiger partial charge in [0, 0.05) is 5.57 Å². The molecule has 1 fully saturated rings. The van der Waals surface area contributed by atoms with Crippen molar-refractivity contribution in [2.24, 2.45) is 0 Å². The summed E-state index contributed by atoms with van der Waals surface area (Å²) in [5.74, 6) is -158. The van der Waals surface area contributed by atoms with Crippen molar-refractivity contribution < 1.29 is 154 Å².